The van der Waals surface area contributed by atoms with Gasteiger partial charge in [0, 0.05) is 41.2 Å². The van der Waals surface area contributed by atoms with Gasteiger partial charge in [-0.2, -0.15) is 0 Å². The number of hydrogen-bond acceptors (Lipinski definition) is 3. The Morgan fingerprint density at radius 1 is 0.353 bits per heavy atom. The van der Waals surface area contributed by atoms with Crippen LogP contribution in [0.25, 0.3) is 75.5 Å². The van der Waals surface area contributed by atoms with Crippen LogP contribution in [0.1, 0.15) is 22.3 Å². The fraction of sp³-hybridized carbons (Fsp3) is 0.0154. The van der Waals surface area contributed by atoms with Gasteiger partial charge in [-0.1, -0.05) is 212 Å². The minimum atomic E-state index is -0.537. The first-order chi connectivity index (χ1) is 33.7. The molecule has 14 rings (SSSR count). The monoisotopic (exact) mass is 899 g/mol. The van der Waals surface area contributed by atoms with Crippen molar-refractivity contribution < 1.29 is 0 Å². The third-order valence-electron chi connectivity index (χ3n) is 14.3. The van der Waals surface area contributed by atoms with E-state index in [2.05, 4.69) is 254 Å². The molecule has 1 nitrogen and oxygen atoms in total. The molecule has 0 saturated carbocycles. The van der Waals surface area contributed by atoms with Gasteiger partial charge in [0.1, 0.15) is 0 Å². The van der Waals surface area contributed by atoms with E-state index in [1.807, 2.05) is 23.1 Å². The molecule has 11 aromatic carbocycles. The third-order valence-corrected chi connectivity index (χ3v) is 16.7. The van der Waals surface area contributed by atoms with Crippen LogP contribution in [0.5, 0.6) is 0 Å². The highest BCUT2D eigenvalue weighted by atomic mass is 32.2. The lowest BCUT2D eigenvalue weighted by Gasteiger charge is -2.41. The maximum atomic E-state index is 2.58. The predicted octanol–water partition coefficient (Wildman–Crippen LogP) is 18.5. The van der Waals surface area contributed by atoms with Crippen LogP contribution in [0.3, 0.4) is 0 Å². The zero-order valence-corrected chi connectivity index (χ0v) is 38.6. The van der Waals surface area contributed by atoms with Crippen molar-refractivity contribution in [3.8, 4) is 44.5 Å². The van der Waals surface area contributed by atoms with Gasteiger partial charge in [0.15, 0.2) is 0 Å². The van der Waals surface area contributed by atoms with Gasteiger partial charge in [-0.3, -0.25) is 0 Å². The van der Waals surface area contributed by atoms with Crippen molar-refractivity contribution >= 4 is 71.1 Å². The summed E-state index contributed by atoms with van der Waals surface area (Å²) in [7, 11) is 0. The molecule has 0 atom stereocenters. The fourth-order valence-corrected chi connectivity index (χ4v) is 13.9. The van der Waals surface area contributed by atoms with Crippen LogP contribution in [0.15, 0.2) is 259 Å². The van der Waals surface area contributed by atoms with Crippen LogP contribution >= 0.6 is 23.1 Å². The Kier molecular flexibility index (Phi) is 8.98. The van der Waals surface area contributed by atoms with Gasteiger partial charge in [-0.15, -0.1) is 11.3 Å². The average Bonchev–Trinajstić information content (AvgIpc) is 3.94. The Balaban J connectivity index is 1.13. The Morgan fingerprint density at radius 3 is 1.75 bits per heavy atom. The summed E-state index contributed by atoms with van der Waals surface area (Å²) in [5.74, 6) is 0. The predicted molar refractivity (Wildman–Crippen MR) is 289 cm³/mol. The maximum Gasteiger partial charge on any atom is 0.0735 e. The highest BCUT2D eigenvalue weighted by Crippen LogP contribution is 2.65. The van der Waals surface area contributed by atoms with Gasteiger partial charge in [-0.25, -0.2) is 0 Å². The van der Waals surface area contributed by atoms with E-state index in [1.54, 1.807) is 0 Å². The summed E-state index contributed by atoms with van der Waals surface area (Å²) in [4.78, 5) is 5.13. The minimum Gasteiger partial charge on any atom is -0.309 e. The molecule has 0 N–H and O–H groups in total. The van der Waals surface area contributed by atoms with E-state index in [0.717, 1.165) is 17.1 Å². The van der Waals surface area contributed by atoms with E-state index in [9.17, 15) is 0 Å². The van der Waals surface area contributed by atoms with Gasteiger partial charge in [0.25, 0.3) is 0 Å². The van der Waals surface area contributed by atoms with Gasteiger partial charge in [0.05, 0.1) is 16.8 Å². The van der Waals surface area contributed by atoms with Crippen LogP contribution in [0, 0.1) is 0 Å². The molecule has 1 aliphatic carbocycles. The van der Waals surface area contributed by atoms with Crippen LogP contribution in [0.2, 0.25) is 0 Å². The summed E-state index contributed by atoms with van der Waals surface area (Å²) in [6.07, 6.45) is 0. The fourth-order valence-electron chi connectivity index (χ4n) is 11.5. The summed E-state index contributed by atoms with van der Waals surface area (Å²) < 4.78 is 2.56. The van der Waals surface area contributed by atoms with Crippen LogP contribution < -0.4 is 4.90 Å². The number of fused-ring (bicyclic) bond motifs is 13. The molecule has 3 heteroatoms. The van der Waals surface area contributed by atoms with E-state index < -0.39 is 5.41 Å². The lowest BCUT2D eigenvalue weighted by molar-refractivity contribution is 0.723. The second-order valence-electron chi connectivity index (χ2n) is 17.9. The van der Waals surface area contributed by atoms with Gasteiger partial charge >= 0.3 is 0 Å². The summed E-state index contributed by atoms with van der Waals surface area (Å²) in [6, 6.07) is 92.8. The molecule has 2 heterocycles. The van der Waals surface area contributed by atoms with Crippen molar-refractivity contribution in [2.45, 2.75) is 15.2 Å². The molecule has 2 aliphatic rings. The average molecular weight is 900 g/mol. The lowest BCUT2D eigenvalue weighted by atomic mass is 9.66. The van der Waals surface area contributed by atoms with E-state index in [1.165, 1.54) is 107 Å². The first kappa shape index (κ1) is 39.2. The van der Waals surface area contributed by atoms with Crippen molar-refractivity contribution in [1.29, 1.82) is 0 Å². The largest absolute Gasteiger partial charge is 0.309 e. The summed E-state index contributed by atoms with van der Waals surface area (Å²) >= 11 is 3.80. The van der Waals surface area contributed by atoms with Crippen molar-refractivity contribution in [2.24, 2.45) is 0 Å². The summed E-state index contributed by atoms with van der Waals surface area (Å²) in [6.45, 7) is 0. The number of thiophene rings is 1. The van der Waals surface area contributed by atoms with Crippen molar-refractivity contribution in [1.82, 2.24) is 0 Å². The molecule has 0 radical (unpaired) electrons. The topological polar surface area (TPSA) is 3.24 Å². The SMILES string of the molecule is c1ccc(-c2ccc3ccc(N(c4ccc5c(c4-c4ccccc4-c4ccccc4)Sc4ccccc4C54c5ccccc5-c5ccccc54)c4cccc5sc6ccccc6c45)cc3c2)cc1. The van der Waals surface area contributed by atoms with Crippen LogP contribution in [-0.2, 0) is 5.41 Å². The number of anilines is 3. The third kappa shape index (κ3) is 5.83. The Labute approximate surface area is 404 Å². The standard InChI is InChI=1S/C65H41NS2/c1-3-18-42(19-4-1)45-35-34-43-36-37-47(41-46(43)40-45)66(57-30-17-33-61-62(57)52-26-11-15-31-59(52)67-61)58-39-38-56-64(63(58)51-25-8-7-22-48(51)44-20-5-2-6-21-44)68-60-32-16-14-29-55(60)65(56)53-27-12-9-23-49(53)50-24-10-13-28-54(50)65/h1-41H. The molecule has 12 aromatic rings. The summed E-state index contributed by atoms with van der Waals surface area (Å²) in [5.41, 5.74) is 18.0. The zero-order chi connectivity index (χ0) is 44.8. The smallest absolute Gasteiger partial charge is 0.0735 e. The van der Waals surface area contributed by atoms with Crippen LogP contribution in [-0.4, -0.2) is 0 Å². The number of benzene rings is 11. The number of nitrogens with zero attached hydrogens (tertiary/aromatic N) is 1. The molecule has 0 fully saturated rings. The first-order valence-electron chi connectivity index (χ1n) is 23.3. The van der Waals surface area contributed by atoms with Gasteiger partial charge in [0.2, 0.25) is 0 Å². The molecule has 0 saturated heterocycles. The second-order valence-corrected chi connectivity index (χ2v) is 20.0. The molecule has 1 aliphatic heterocycles. The molecule has 1 aromatic heterocycles. The minimum absolute atomic E-state index is 0.537. The lowest BCUT2D eigenvalue weighted by Crippen LogP contribution is -2.32. The van der Waals surface area contributed by atoms with Crippen molar-refractivity contribution in [3.63, 3.8) is 0 Å². The Hall–Kier alpha value is -7.95. The van der Waals surface area contributed by atoms with Crippen LogP contribution in [0.4, 0.5) is 17.1 Å². The summed E-state index contributed by atoms with van der Waals surface area (Å²) in [5, 5.41) is 4.94. The molecule has 0 unspecified atom stereocenters. The normalized spacial score (nSPS) is 13.1. The van der Waals surface area contributed by atoms with Gasteiger partial charge < -0.3 is 4.90 Å². The molecule has 0 amide bonds. The van der Waals surface area contributed by atoms with Crippen molar-refractivity contribution in [2.75, 3.05) is 4.90 Å². The Morgan fingerprint density at radius 2 is 0.971 bits per heavy atom. The maximum absolute atomic E-state index is 2.58. The van der Waals surface area contributed by atoms with E-state index in [0.29, 0.717) is 0 Å². The second kappa shape index (κ2) is 15.6. The molecule has 0 bridgehead atoms. The molecule has 68 heavy (non-hydrogen) atoms. The Bertz CT molecular complexity index is 3910. The molecular formula is C65H41NS2. The van der Waals surface area contributed by atoms with E-state index in [4.69, 9.17) is 0 Å². The van der Waals surface area contributed by atoms with E-state index >= 15 is 0 Å². The van der Waals surface area contributed by atoms with Gasteiger partial charge in [-0.05, 0) is 121 Å². The molecular weight excluding hydrogens is 859 g/mol. The highest BCUT2D eigenvalue weighted by molar-refractivity contribution is 7.99. The first-order valence-corrected chi connectivity index (χ1v) is 25.0. The molecule has 318 valence electrons. The number of rotatable bonds is 6. The molecule has 1 spiro atoms. The highest BCUT2D eigenvalue weighted by Gasteiger charge is 2.51. The quantitative estimate of drug-likeness (QED) is 0.164. The van der Waals surface area contributed by atoms with E-state index in [-0.39, 0.29) is 0 Å². The van der Waals surface area contributed by atoms with Crippen molar-refractivity contribution in [3.05, 3.63) is 271 Å². The zero-order valence-electron chi connectivity index (χ0n) is 36.9. The number of hydrogen-bond donors (Lipinski definition) is 0.